The van der Waals surface area contributed by atoms with E-state index in [0.29, 0.717) is 16.0 Å². The van der Waals surface area contributed by atoms with Crippen molar-refractivity contribution >= 4 is 23.2 Å². The van der Waals surface area contributed by atoms with Gasteiger partial charge in [0, 0.05) is 0 Å². The molecule has 5 aromatic carbocycles. The lowest BCUT2D eigenvalue weighted by Gasteiger charge is -2.39. The van der Waals surface area contributed by atoms with Crippen molar-refractivity contribution in [1.29, 1.82) is 0 Å². The second-order valence-corrected chi connectivity index (χ2v) is 15.2. The maximum Gasteiger partial charge on any atom is 0.0959 e. The number of piperidine rings is 1. The van der Waals surface area contributed by atoms with Crippen molar-refractivity contribution in [3.63, 3.8) is 0 Å². The van der Waals surface area contributed by atoms with Gasteiger partial charge in [-0.2, -0.15) is 0 Å². The van der Waals surface area contributed by atoms with E-state index in [9.17, 15) is 0 Å². The predicted octanol–water partition coefficient (Wildman–Crippen LogP) is 11.9. The third-order valence-corrected chi connectivity index (χ3v) is 11.3. The molecular formula is C47H57Cl2N3. The van der Waals surface area contributed by atoms with Gasteiger partial charge in [-0.15, -0.1) is 0 Å². The third kappa shape index (κ3) is 11.3. The summed E-state index contributed by atoms with van der Waals surface area (Å²) < 4.78 is 0. The number of unbranched alkanes of at least 4 members (excludes halogenated alkanes) is 2. The van der Waals surface area contributed by atoms with Crippen LogP contribution in [0.15, 0.2) is 140 Å². The first-order chi connectivity index (χ1) is 25.4. The Morgan fingerprint density at radius 1 is 0.692 bits per heavy atom. The summed E-state index contributed by atoms with van der Waals surface area (Å²) in [5.41, 5.74) is 12.5. The average Bonchev–Trinajstić information content (AvgIpc) is 3.19. The van der Waals surface area contributed by atoms with Gasteiger partial charge in [0.1, 0.15) is 0 Å². The lowest BCUT2D eigenvalue weighted by molar-refractivity contribution is 0.179. The molecule has 3 nitrogen and oxygen atoms in total. The molecule has 1 fully saturated rings. The SMILES string of the molecule is CC(CCN1CCC(Cc2ccccc2)CC1)c1ccc(Cl)c(Cl)c1.CCCCCC(N)NC(c1ccccc1)(c1ccccc1)c1ccccc1. The van der Waals surface area contributed by atoms with E-state index in [1.54, 1.807) is 0 Å². The van der Waals surface area contributed by atoms with Gasteiger partial charge in [0.25, 0.3) is 0 Å². The van der Waals surface area contributed by atoms with Crippen molar-refractivity contribution < 1.29 is 0 Å². The van der Waals surface area contributed by atoms with Crippen LogP contribution in [0.4, 0.5) is 0 Å². The number of benzene rings is 5. The Morgan fingerprint density at radius 3 is 1.71 bits per heavy atom. The molecule has 0 spiro atoms. The summed E-state index contributed by atoms with van der Waals surface area (Å²) in [6, 6.07) is 48.8. The highest BCUT2D eigenvalue weighted by atomic mass is 35.5. The van der Waals surface area contributed by atoms with E-state index < -0.39 is 5.54 Å². The van der Waals surface area contributed by atoms with E-state index >= 15 is 0 Å². The van der Waals surface area contributed by atoms with Crippen LogP contribution in [-0.4, -0.2) is 30.7 Å². The summed E-state index contributed by atoms with van der Waals surface area (Å²) in [6.07, 6.45) is 9.46. The molecule has 274 valence electrons. The van der Waals surface area contributed by atoms with E-state index in [-0.39, 0.29) is 6.17 Å². The van der Waals surface area contributed by atoms with Crippen molar-refractivity contribution in [2.45, 2.75) is 82.8 Å². The average molecular weight is 735 g/mol. The van der Waals surface area contributed by atoms with Gasteiger partial charge in [-0.3, -0.25) is 5.32 Å². The highest BCUT2D eigenvalue weighted by molar-refractivity contribution is 6.42. The minimum Gasteiger partial charge on any atom is -0.316 e. The van der Waals surface area contributed by atoms with Gasteiger partial charge in [0.05, 0.1) is 21.7 Å². The molecule has 0 aliphatic carbocycles. The quantitative estimate of drug-likeness (QED) is 0.0639. The second kappa shape index (κ2) is 20.7. The monoisotopic (exact) mass is 733 g/mol. The minimum absolute atomic E-state index is 0.0860. The number of likely N-dealkylation sites (tertiary alicyclic amines) is 1. The molecule has 0 radical (unpaired) electrons. The number of nitrogens with one attached hydrogen (secondary N) is 1. The molecule has 0 bridgehead atoms. The second-order valence-electron chi connectivity index (χ2n) is 14.4. The topological polar surface area (TPSA) is 41.3 Å². The first kappa shape index (κ1) is 39.8. The van der Waals surface area contributed by atoms with E-state index in [1.807, 2.05) is 12.1 Å². The predicted molar refractivity (Wildman–Crippen MR) is 223 cm³/mol. The fraction of sp³-hybridized carbons (Fsp3) is 0.362. The summed E-state index contributed by atoms with van der Waals surface area (Å²) in [6.45, 7) is 8.12. The maximum atomic E-state index is 6.60. The standard InChI is InChI=1S/C25H30N2.C22H27Cl2N/c1-2-3-7-20-24(26)27-25(21-14-8-4-9-15-21,22-16-10-5-11-17-22)23-18-12-6-13-19-23;1-17(20-7-8-21(23)22(24)16-20)9-12-25-13-10-19(11-14-25)15-18-5-3-2-4-6-18/h4-6,8-19,24,27H,2-3,7,20,26H2,1H3;2-8,16-17,19H,9-15H2,1H3. The first-order valence-corrected chi connectivity index (χ1v) is 20.1. The molecule has 6 rings (SSSR count). The zero-order chi connectivity index (χ0) is 36.6. The number of rotatable bonds is 15. The third-order valence-electron chi connectivity index (χ3n) is 10.6. The molecule has 3 N–H and O–H groups in total. The Morgan fingerprint density at radius 2 is 1.21 bits per heavy atom. The number of halogens is 2. The summed E-state index contributed by atoms with van der Waals surface area (Å²) in [5, 5.41) is 5.11. The molecule has 5 heteroatoms. The van der Waals surface area contributed by atoms with E-state index in [1.165, 1.54) is 86.0 Å². The Bertz CT molecular complexity index is 1610. The smallest absolute Gasteiger partial charge is 0.0959 e. The Hall–Kier alpha value is -3.44. The number of hydrogen-bond donors (Lipinski definition) is 2. The van der Waals surface area contributed by atoms with Gasteiger partial charge >= 0.3 is 0 Å². The lowest BCUT2D eigenvalue weighted by atomic mass is 9.76. The Labute approximate surface area is 323 Å². The van der Waals surface area contributed by atoms with Crippen molar-refractivity contribution in [1.82, 2.24) is 10.2 Å². The molecule has 5 aromatic rings. The largest absolute Gasteiger partial charge is 0.316 e. The summed E-state index contributed by atoms with van der Waals surface area (Å²) in [4.78, 5) is 2.62. The minimum atomic E-state index is -0.477. The van der Waals surface area contributed by atoms with Gasteiger partial charge in [-0.05, 0) is 104 Å². The van der Waals surface area contributed by atoms with Crippen LogP contribution in [0.2, 0.25) is 10.0 Å². The van der Waals surface area contributed by atoms with Crippen molar-refractivity contribution in [3.05, 3.63) is 177 Å². The molecule has 0 aromatic heterocycles. The van der Waals surface area contributed by atoms with Crippen molar-refractivity contribution in [2.75, 3.05) is 19.6 Å². The molecular weight excluding hydrogens is 677 g/mol. The maximum absolute atomic E-state index is 6.60. The van der Waals surface area contributed by atoms with Crippen LogP contribution in [0.25, 0.3) is 0 Å². The van der Waals surface area contributed by atoms with Gasteiger partial charge in [0.2, 0.25) is 0 Å². The Kier molecular flexibility index (Phi) is 15.8. The number of nitrogens with zero attached hydrogens (tertiary/aromatic N) is 1. The normalized spacial score (nSPS) is 15.0. The van der Waals surface area contributed by atoms with Crippen LogP contribution < -0.4 is 11.1 Å². The van der Waals surface area contributed by atoms with Gasteiger partial charge in [-0.1, -0.05) is 184 Å². The molecule has 1 heterocycles. The molecule has 2 atom stereocenters. The summed E-state index contributed by atoms with van der Waals surface area (Å²) in [5.74, 6) is 1.35. The Balaban J connectivity index is 0.000000202. The van der Waals surface area contributed by atoms with Crippen LogP contribution in [0.1, 0.15) is 92.5 Å². The fourth-order valence-corrected chi connectivity index (χ4v) is 7.81. The van der Waals surface area contributed by atoms with Gasteiger partial charge in [-0.25, -0.2) is 0 Å². The van der Waals surface area contributed by atoms with Crippen LogP contribution in [-0.2, 0) is 12.0 Å². The molecule has 0 saturated carbocycles. The van der Waals surface area contributed by atoms with Crippen LogP contribution in [0, 0.1) is 5.92 Å². The van der Waals surface area contributed by atoms with E-state index in [2.05, 4.69) is 151 Å². The van der Waals surface area contributed by atoms with E-state index in [0.717, 1.165) is 18.8 Å². The summed E-state index contributed by atoms with van der Waals surface area (Å²) in [7, 11) is 0. The van der Waals surface area contributed by atoms with Gasteiger partial charge < -0.3 is 10.6 Å². The zero-order valence-electron chi connectivity index (χ0n) is 31.1. The number of hydrogen-bond acceptors (Lipinski definition) is 3. The fourth-order valence-electron chi connectivity index (χ4n) is 7.50. The summed E-state index contributed by atoms with van der Waals surface area (Å²) >= 11 is 12.2. The van der Waals surface area contributed by atoms with E-state index in [4.69, 9.17) is 28.9 Å². The molecule has 1 saturated heterocycles. The van der Waals surface area contributed by atoms with Crippen LogP contribution in [0.3, 0.4) is 0 Å². The molecule has 1 aliphatic rings. The lowest BCUT2D eigenvalue weighted by Crippen LogP contribution is -2.53. The van der Waals surface area contributed by atoms with Crippen molar-refractivity contribution in [3.8, 4) is 0 Å². The molecule has 0 amide bonds. The molecule has 1 aliphatic heterocycles. The van der Waals surface area contributed by atoms with Crippen molar-refractivity contribution in [2.24, 2.45) is 11.7 Å². The van der Waals surface area contributed by atoms with Crippen LogP contribution in [0.5, 0.6) is 0 Å². The molecule has 52 heavy (non-hydrogen) atoms. The number of nitrogens with two attached hydrogens (primary N) is 1. The highest BCUT2D eigenvalue weighted by Gasteiger charge is 2.37. The first-order valence-electron chi connectivity index (χ1n) is 19.3. The highest BCUT2D eigenvalue weighted by Crippen LogP contribution is 2.37. The van der Waals surface area contributed by atoms with Gasteiger partial charge in [0.15, 0.2) is 0 Å². The zero-order valence-corrected chi connectivity index (χ0v) is 32.6. The van der Waals surface area contributed by atoms with Crippen LogP contribution >= 0.6 is 23.2 Å². The molecule has 2 unspecified atom stereocenters.